The Labute approximate surface area is 132 Å². The first-order chi connectivity index (χ1) is 11.0. The van der Waals surface area contributed by atoms with E-state index in [-0.39, 0.29) is 11.6 Å². The van der Waals surface area contributed by atoms with Gasteiger partial charge in [-0.05, 0) is 36.2 Å². The number of halogens is 1. The highest BCUT2D eigenvalue weighted by Crippen LogP contribution is 2.30. The Kier molecular flexibility index (Phi) is 3.65. The Bertz CT molecular complexity index is 901. The van der Waals surface area contributed by atoms with Crippen molar-refractivity contribution in [3.05, 3.63) is 59.7 Å². The molecular formula is C17H15FN4O. The summed E-state index contributed by atoms with van der Waals surface area (Å²) < 4.78 is 15.7. The molecule has 2 aromatic carbocycles. The molecule has 0 radical (unpaired) electrons. The zero-order valence-corrected chi connectivity index (χ0v) is 12.7. The highest BCUT2D eigenvalue weighted by Gasteiger charge is 2.15. The second-order valence-electron chi connectivity index (χ2n) is 5.26. The van der Waals surface area contributed by atoms with Crippen LogP contribution in [0.25, 0.3) is 22.5 Å². The van der Waals surface area contributed by atoms with Gasteiger partial charge in [0.25, 0.3) is 5.91 Å². The third-order valence-electron chi connectivity index (χ3n) is 3.64. The number of rotatable bonds is 3. The van der Waals surface area contributed by atoms with E-state index in [1.165, 1.54) is 10.7 Å². The topological polar surface area (TPSA) is 73.8 Å². The lowest BCUT2D eigenvalue weighted by atomic mass is 9.98. The van der Waals surface area contributed by atoms with E-state index in [2.05, 4.69) is 10.1 Å². The molecule has 3 rings (SSSR count). The average molecular weight is 310 g/mol. The molecule has 0 spiro atoms. The van der Waals surface area contributed by atoms with Crippen LogP contribution >= 0.6 is 0 Å². The third kappa shape index (κ3) is 2.70. The Balaban J connectivity index is 2.15. The summed E-state index contributed by atoms with van der Waals surface area (Å²) in [6.45, 7) is 1.93. The maximum atomic E-state index is 14.3. The molecule has 0 aliphatic carbocycles. The van der Waals surface area contributed by atoms with Gasteiger partial charge < -0.3 is 5.73 Å². The van der Waals surface area contributed by atoms with Crippen molar-refractivity contribution in [2.24, 2.45) is 12.8 Å². The van der Waals surface area contributed by atoms with E-state index in [1.54, 1.807) is 19.2 Å². The van der Waals surface area contributed by atoms with Crippen molar-refractivity contribution < 1.29 is 9.18 Å². The quantitative estimate of drug-likeness (QED) is 0.808. The molecule has 0 bridgehead atoms. The summed E-state index contributed by atoms with van der Waals surface area (Å²) in [6.07, 6.45) is 0. The number of nitrogens with two attached hydrogens (primary N) is 1. The first kappa shape index (κ1) is 14.9. The van der Waals surface area contributed by atoms with Crippen LogP contribution in [0, 0.1) is 12.7 Å². The average Bonchev–Trinajstić information content (AvgIpc) is 2.91. The second kappa shape index (κ2) is 5.64. The number of carbonyl (C=O) groups is 1. The Hall–Kier alpha value is -3.02. The van der Waals surface area contributed by atoms with Crippen LogP contribution in [0.5, 0.6) is 0 Å². The summed E-state index contributed by atoms with van der Waals surface area (Å²) in [5.41, 5.74) is 8.12. The lowest BCUT2D eigenvalue weighted by Crippen LogP contribution is -2.13. The second-order valence-corrected chi connectivity index (χ2v) is 5.26. The van der Waals surface area contributed by atoms with Crippen LogP contribution in [-0.4, -0.2) is 20.7 Å². The van der Waals surface area contributed by atoms with Crippen LogP contribution in [0.15, 0.2) is 42.5 Å². The predicted molar refractivity (Wildman–Crippen MR) is 85.1 cm³/mol. The van der Waals surface area contributed by atoms with E-state index in [9.17, 15) is 9.18 Å². The van der Waals surface area contributed by atoms with Crippen LogP contribution in [0.2, 0.25) is 0 Å². The van der Waals surface area contributed by atoms with Crippen molar-refractivity contribution in [2.45, 2.75) is 6.92 Å². The maximum absolute atomic E-state index is 14.3. The molecule has 1 aromatic heterocycles. The van der Waals surface area contributed by atoms with Gasteiger partial charge in [0, 0.05) is 18.2 Å². The Morgan fingerprint density at radius 1 is 1.17 bits per heavy atom. The molecule has 116 valence electrons. The van der Waals surface area contributed by atoms with E-state index >= 15 is 0 Å². The lowest BCUT2D eigenvalue weighted by molar-refractivity contribution is 0.0990. The van der Waals surface area contributed by atoms with Gasteiger partial charge in [0.2, 0.25) is 5.82 Å². The molecule has 6 heteroatoms. The van der Waals surface area contributed by atoms with Gasteiger partial charge >= 0.3 is 0 Å². The summed E-state index contributed by atoms with van der Waals surface area (Å²) in [5.74, 6) is -0.633. The number of hydrogen-bond donors (Lipinski definition) is 1. The van der Waals surface area contributed by atoms with Gasteiger partial charge in [-0.1, -0.05) is 24.3 Å². The highest BCUT2D eigenvalue weighted by molar-refractivity contribution is 5.89. The number of amides is 1. The van der Waals surface area contributed by atoms with Gasteiger partial charge in [-0.15, -0.1) is 5.10 Å². The molecule has 5 nitrogen and oxygen atoms in total. The molecule has 0 aliphatic heterocycles. The molecule has 0 atom stereocenters. The molecule has 2 N–H and O–H groups in total. The first-order valence-electron chi connectivity index (χ1n) is 7.04. The van der Waals surface area contributed by atoms with Gasteiger partial charge in [0.1, 0.15) is 5.82 Å². The van der Waals surface area contributed by atoms with Crippen LogP contribution in [-0.2, 0) is 7.05 Å². The minimum Gasteiger partial charge on any atom is -0.363 e. The summed E-state index contributed by atoms with van der Waals surface area (Å²) in [6, 6.07) is 12.2. The minimum atomic E-state index is -0.701. The summed E-state index contributed by atoms with van der Waals surface area (Å²) in [4.78, 5) is 15.3. The van der Waals surface area contributed by atoms with Gasteiger partial charge in [0.15, 0.2) is 5.82 Å². The van der Waals surface area contributed by atoms with Crippen LogP contribution in [0.1, 0.15) is 16.2 Å². The van der Waals surface area contributed by atoms with Crippen molar-refractivity contribution in [1.29, 1.82) is 0 Å². The molecule has 0 saturated carbocycles. The number of benzene rings is 2. The fourth-order valence-electron chi connectivity index (χ4n) is 2.49. The molecule has 0 unspecified atom stereocenters. The first-order valence-corrected chi connectivity index (χ1v) is 7.04. The van der Waals surface area contributed by atoms with Gasteiger partial charge in [-0.25, -0.2) is 14.1 Å². The highest BCUT2D eigenvalue weighted by atomic mass is 19.1. The summed E-state index contributed by atoms with van der Waals surface area (Å²) >= 11 is 0. The standard InChI is InChI=1S/C17H15FN4O/c1-10-5-3-4-6-12(10)13-9-11(7-8-14(13)18)17-20-16(15(19)23)21-22(17)2/h3-9H,1-2H3,(H2,19,23). The summed E-state index contributed by atoms with van der Waals surface area (Å²) in [7, 11) is 1.66. The van der Waals surface area contributed by atoms with Crippen molar-refractivity contribution in [3.63, 3.8) is 0 Å². The number of hydrogen-bond acceptors (Lipinski definition) is 3. The van der Waals surface area contributed by atoms with Crippen LogP contribution < -0.4 is 5.73 Å². The number of aryl methyl sites for hydroxylation is 2. The molecule has 0 aliphatic rings. The zero-order chi connectivity index (χ0) is 16.6. The number of primary amides is 1. The molecular weight excluding hydrogens is 295 g/mol. The van der Waals surface area contributed by atoms with E-state index in [0.717, 1.165) is 11.1 Å². The number of nitrogens with zero attached hydrogens (tertiary/aromatic N) is 3. The SMILES string of the molecule is Cc1ccccc1-c1cc(-c2nc(C(N)=O)nn2C)ccc1F. The molecule has 23 heavy (non-hydrogen) atoms. The van der Waals surface area contributed by atoms with Crippen LogP contribution in [0.4, 0.5) is 4.39 Å². The van der Waals surface area contributed by atoms with Gasteiger partial charge in [-0.2, -0.15) is 0 Å². The van der Waals surface area contributed by atoms with Crippen molar-refractivity contribution >= 4 is 5.91 Å². The molecule has 3 aromatic rings. The van der Waals surface area contributed by atoms with Crippen molar-refractivity contribution in [1.82, 2.24) is 14.8 Å². The molecule has 0 saturated heterocycles. The predicted octanol–water partition coefficient (Wildman–Crippen LogP) is 2.70. The van der Waals surface area contributed by atoms with E-state index in [0.29, 0.717) is 17.0 Å². The van der Waals surface area contributed by atoms with Gasteiger partial charge in [-0.3, -0.25) is 4.79 Å². The third-order valence-corrected chi connectivity index (χ3v) is 3.64. The van der Waals surface area contributed by atoms with E-state index in [4.69, 9.17) is 5.73 Å². The van der Waals surface area contributed by atoms with E-state index < -0.39 is 5.91 Å². The Morgan fingerprint density at radius 2 is 1.91 bits per heavy atom. The maximum Gasteiger partial charge on any atom is 0.288 e. The molecule has 1 amide bonds. The molecule has 1 heterocycles. The zero-order valence-electron chi connectivity index (χ0n) is 12.7. The number of aromatic nitrogens is 3. The fraction of sp³-hybridized carbons (Fsp3) is 0.118. The van der Waals surface area contributed by atoms with E-state index in [1.807, 2.05) is 31.2 Å². The minimum absolute atomic E-state index is 0.0655. The number of carbonyl (C=O) groups excluding carboxylic acids is 1. The fourth-order valence-corrected chi connectivity index (χ4v) is 2.49. The normalized spacial score (nSPS) is 10.7. The monoisotopic (exact) mass is 310 g/mol. The molecule has 0 fully saturated rings. The lowest BCUT2D eigenvalue weighted by Gasteiger charge is -2.09. The van der Waals surface area contributed by atoms with Crippen molar-refractivity contribution in [3.8, 4) is 22.5 Å². The van der Waals surface area contributed by atoms with Gasteiger partial charge in [0.05, 0.1) is 0 Å². The largest absolute Gasteiger partial charge is 0.363 e. The van der Waals surface area contributed by atoms with Crippen molar-refractivity contribution in [2.75, 3.05) is 0 Å². The summed E-state index contributed by atoms with van der Waals surface area (Å²) in [5, 5.41) is 3.97. The smallest absolute Gasteiger partial charge is 0.288 e. The van der Waals surface area contributed by atoms with Crippen LogP contribution in [0.3, 0.4) is 0 Å². The Morgan fingerprint density at radius 3 is 2.57 bits per heavy atom.